The van der Waals surface area contributed by atoms with Gasteiger partial charge < -0.3 is 10.2 Å². The summed E-state index contributed by atoms with van der Waals surface area (Å²) in [6, 6.07) is 0. The minimum Gasteiger partial charge on any atom is -0.393 e. The third-order valence-corrected chi connectivity index (χ3v) is 10.3. The summed E-state index contributed by atoms with van der Waals surface area (Å²) in [6.07, 6.45) is 16.8. The molecule has 4 aliphatic rings. The van der Waals surface area contributed by atoms with Crippen molar-refractivity contribution in [2.45, 2.75) is 116 Å². The van der Waals surface area contributed by atoms with Gasteiger partial charge >= 0.3 is 0 Å². The maximum atomic E-state index is 10.2. The van der Waals surface area contributed by atoms with E-state index in [2.05, 4.69) is 13.8 Å². The molecule has 9 atom stereocenters. The predicted molar refractivity (Wildman–Crippen MR) is 111 cm³/mol. The second-order valence-electron chi connectivity index (χ2n) is 11.5. The first-order valence-corrected chi connectivity index (χ1v) is 12.2. The lowest BCUT2D eigenvalue weighted by Gasteiger charge is -2.61. The summed E-state index contributed by atoms with van der Waals surface area (Å²) in [5.41, 5.74) is 1.10. The molecule has 2 heteroatoms. The first-order valence-electron chi connectivity index (χ1n) is 12.2. The molecule has 4 fully saturated rings. The van der Waals surface area contributed by atoms with E-state index in [9.17, 15) is 10.2 Å². The summed E-state index contributed by atoms with van der Waals surface area (Å²) in [4.78, 5) is 0. The summed E-state index contributed by atoms with van der Waals surface area (Å²) in [5.74, 6) is 4.56. The Balaban J connectivity index is 1.43. The molecular formula is C25H44O2. The summed E-state index contributed by atoms with van der Waals surface area (Å²) >= 11 is 0. The number of aliphatic hydroxyl groups excluding tert-OH is 2. The van der Waals surface area contributed by atoms with Crippen LogP contribution in [0.3, 0.4) is 0 Å². The summed E-state index contributed by atoms with van der Waals surface area (Å²) < 4.78 is 0. The van der Waals surface area contributed by atoms with Crippen molar-refractivity contribution in [3.8, 4) is 0 Å². The van der Waals surface area contributed by atoms with Gasteiger partial charge in [0.1, 0.15) is 0 Å². The largest absolute Gasteiger partial charge is 0.393 e. The van der Waals surface area contributed by atoms with Crippen LogP contribution >= 0.6 is 0 Å². The Kier molecular flexibility index (Phi) is 5.71. The van der Waals surface area contributed by atoms with Gasteiger partial charge in [0.2, 0.25) is 0 Å². The van der Waals surface area contributed by atoms with Crippen LogP contribution in [0.25, 0.3) is 0 Å². The van der Waals surface area contributed by atoms with Gasteiger partial charge in [-0.1, -0.05) is 26.7 Å². The van der Waals surface area contributed by atoms with Gasteiger partial charge in [0.15, 0.2) is 0 Å². The maximum Gasteiger partial charge on any atom is 0.0543 e. The topological polar surface area (TPSA) is 40.5 Å². The second-order valence-corrected chi connectivity index (χ2v) is 11.5. The SMILES string of the molecule is CC(O)CCCC[C@H]1CCC2C3CCC4CC(O)CC[C@]4(C)C3CCC21C. The molecule has 0 aromatic rings. The fourth-order valence-corrected chi connectivity index (χ4v) is 8.65. The van der Waals surface area contributed by atoms with Crippen molar-refractivity contribution < 1.29 is 10.2 Å². The molecule has 2 nitrogen and oxygen atoms in total. The molecule has 7 unspecified atom stereocenters. The lowest BCUT2D eigenvalue weighted by Crippen LogP contribution is -2.53. The molecule has 2 N–H and O–H groups in total. The van der Waals surface area contributed by atoms with Gasteiger partial charge in [-0.2, -0.15) is 0 Å². The van der Waals surface area contributed by atoms with Crippen LogP contribution in [-0.4, -0.2) is 22.4 Å². The molecule has 0 aromatic carbocycles. The van der Waals surface area contributed by atoms with Gasteiger partial charge in [-0.15, -0.1) is 0 Å². The predicted octanol–water partition coefficient (Wildman–Crippen LogP) is 5.95. The summed E-state index contributed by atoms with van der Waals surface area (Å²) in [6.45, 7) is 7.18. The lowest BCUT2D eigenvalue weighted by atomic mass is 9.44. The average molecular weight is 377 g/mol. The molecule has 0 spiro atoms. The minimum atomic E-state index is -0.128. The fraction of sp³-hybridized carbons (Fsp3) is 1.00. The van der Waals surface area contributed by atoms with Crippen LogP contribution in [0.2, 0.25) is 0 Å². The molecule has 27 heavy (non-hydrogen) atoms. The van der Waals surface area contributed by atoms with E-state index in [1.165, 1.54) is 64.2 Å². The smallest absolute Gasteiger partial charge is 0.0543 e. The molecule has 0 aromatic heterocycles. The van der Waals surface area contributed by atoms with Crippen molar-refractivity contribution in [1.29, 1.82) is 0 Å². The highest BCUT2D eigenvalue weighted by Gasteiger charge is 2.59. The van der Waals surface area contributed by atoms with E-state index in [1.807, 2.05) is 6.92 Å². The van der Waals surface area contributed by atoms with E-state index < -0.39 is 0 Å². The van der Waals surface area contributed by atoms with Crippen molar-refractivity contribution in [3.05, 3.63) is 0 Å². The Morgan fingerprint density at radius 2 is 1.63 bits per heavy atom. The molecule has 0 aliphatic heterocycles. The number of aliphatic hydroxyl groups is 2. The molecule has 4 saturated carbocycles. The van der Waals surface area contributed by atoms with E-state index in [-0.39, 0.29) is 12.2 Å². The van der Waals surface area contributed by atoms with Gasteiger partial charge in [0.25, 0.3) is 0 Å². The first-order chi connectivity index (χ1) is 12.8. The van der Waals surface area contributed by atoms with Crippen molar-refractivity contribution >= 4 is 0 Å². The highest BCUT2D eigenvalue weighted by Crippen LogP contribution is 2.67. The molecular weight excluding hydrogens is 332 g/mol. The monoisotopic (exact) mass is 376 g/mol. The zero-order valence-electron chi connectivity index (χ0n) is 18.1. The van der Waals surface area contributed by atoms with Crippen molar-refractivity contribution in [1.82, 2.24) is 0 Å². The number of fused-ring (bicyclic) bond motifs is 5. The average Bonchev–Trinajstić information content (AvgIpc) is 2.96. The van der Waals surface area contributed by atoms with E-state index in [0.29, 0.717) is 10.8 Å². The summed E-state index contributed by atoms with van der Waals surface area (Å²) in [7, 11) is 0. The van der Waals surface area contributed by atoms with E-state index >= 15 is 0 Å². The highest BCUT2D eigenvalue weighted by molar-refractivity contribution is 5.09. The Bertz CT molecular complexity index is 516. The van der Waals surface area contributed by atoms with E-state index in [0.717, 1.165) is 48.9 Å². The Morgan fingerprint density at radius 1 is 0.889 bits per heavy atom. The van der Waals surface area contributed by atoms with Gasteiger partial charge in [-0.3, -0.25) is 0 Å². The van der Waals surface area contributed by atoms with Crippen molar-refractivity contribution in [3.63, 3.8) is 0 Å². The molecule has 0 bridgehead atoms. The minimum absolute atomic E-state index is 0.0222. The van der Waals surface area contributed by atoms with Gasteiger partial charge in [-0.25, -0.2) is 0 Å². The Morgan fingerprint density at radius 3 is 2.41 bits per heavy atom. The normalized spacial score (nSPS) is 50.6. The molecule has 156 valence electrons. The Labute approximate surface area is 167 Å². The first kappa shape index (κ1) is 20.2. The molecule has 4 rings (SSSR count). The number of hydrogen-bond donors (Lipinski definition) is 2. The number of hydrogen-bond acceptors (Lipinski definition) is 2. The quantitative estimate of drug-likeness (QED) is 0.582. The summed E-state index contributed by atoms with van der Waals surface area (Å²) in [5, 5.41) is 19.7. The van der Waals surface area contributed by atoms with Crippen LogP contribution in [0.5, 0.6) is 0 Å². The molecule has 4 aliphatic carbocycles. The lowest BCUT2D eigenvalue weighted by molar-refractivity contribution is -0.127. The van der Waals surface area contributed by atoms with Crippen LogP contribution in [0.4, 0.5) is 0 Å². The maximum absolute atomic E-state index is 10.2. The zero-order valence-corrected chi connectivity index (χ0v) is 18.1. The zero-order chi connectivity index (χ0) is 19.2. The number of unbranched alkanes of at least 4 members (excludes halogenated alkanes) is 1. The van der Waals surface area contributed by atoms with Gasteiger partial charge in [0, 0.05) is 0 Å². The van der Waals surface area contributed by atoms with Gasteiger partial charge in [0.05, 0.1) is 12.2 Å². The third kappa shape index (κ3) is 3.52. The van der Waals surface area contributed by atoms with Gasteiger partial charge in [-0.05, 0) is 118 Å². The van der Waals surface area contributed by atoms with E-state index in [4.69, 9.17) is 0 Å². The van der Waals surface area contributed by atoms with Crippen LogP contribution in [0.1, 0.15) is 104 Å². The standard InChI is InChI=1S/C25H44O2/c1-17(26)6-4-5-7-18-9-11-22-21-10-8-19-16-20(27)12-14-25(19,3)23(21)13-15-24(18,22)2/h17-23,26-27H,4-16H2,1-3H3/t17?,18-,19?,20?,21?,22?,23?,24?,25-/m0/s1. The highest BCUT2D eigenvalue weighted by atomic mass is 16.3. The fourth-order valence-electron chi connectivity index (χ4n) is 8.65. The van der Waals surface area contributed by atoms with E-state index in [1.54, 1.807) is 0 Å². The van der Waals surface area contributed by atoms with Crippen LogP contribution < -0.4 is 0 Å². The molecule has 0 heterocycles. The Hall–Kier alpha value is -0.0800. The third-order valence-electron chi connectivity index (χ3n) is 10.3. The van der Waals surface area contributed by atoms with Crippen LogP contribution in [0.15, 0.2) is 0 Å². The van der Waals surface area contributed by atoms with Crippen molar-refractivity contribution in [2.75, 3.05) is 0 Å². The molecule has 0 radical (unpaired) electrons. The molecule has 0 saturated heterocycles. The molecule has 0 amide bonds. The number of rotatable bonds is 5. The van der Waals surface area contributed by atoms with Crippen molar-refractivity contribution in [2.24, 2.45) is 40.4 Å². The van der Waals surface area contributed by atoms with Crippen LogP contribution in [-0.2, 0) is 0 Å². The second kappa shape index (κ2) is 7.63. The van der Waals surface area contributed by atoms with Crippen LogP contribution in [0, 0.1) is 40.4 Å².